The zero-order chi connectivity index (χ0) is 12.1. The van der Waals surface area contributed by atoms with E-state index in [1.807, 2.05) is 30.7 Å². The summed E-state index contributed by atoms with van der Waals surface area (Å²) in [5.41, 5.74) is 3.71. The fourth-order valence-corrected chi connectivity index (χ4v) is 1.69. The van der Waals surface area contributed by atoms with E-state index in [2.05, 4.69) is 35.2 Å². The van der Waals surface area contributed by atoms with Gasteiger partial charge in [-0.2, -0.15) is 0 Å². The van der Waals surface area contributed by atoms with Crippen molar-refractivity contribution < 1.29 is 0 Å². The van der Waals surface area contributed by atoms with Crippen LogP contribution in [0.3, 0.4) is 0 Å². The number of hydrogen-bond donors (Lipinski definition) is 1. The lowest BCUT2D eigenvalue weighted by molar-refractivity contribution is 0.571. The Morgan fingerprint density at radius 1 is 1.18 bits per heavy atom. The predicted molar refractivity (Wildman–Crippen MR) is 68.5 cm³/mol. The smallest absolute Gasteiger partial charge is 0.0315 e. The molecule has 3 heteroatoms. The highest BCUT2D eigenvalue weighted by molar-refractivity contribution is 5.21. The fraction of sp³-hybridized carbons (Fsp3) is 0.286. The maximum atomic E-state index is 4.14. The van der Waals surface area contributed by atoms with Gasteiger partial charge in [-0.25, -0.2) is 0 Å². The van der Waals surface area contributed by atoms with E-state index in [-0.39, 0.29) is 0 Å². The van der Waals surface area contributed by atoms with E-state index in [9.17, 15) is 0 Å². The molecule has 2 aromatic heterocycles. The lowest BCUT2D eigenvalue weighted by Gasteiger charge is -2.14. The molecule has 17 heavy (non-hydrogen) atoms. The molecule has 0 fully saturated rings. The zero-order valence-corrected chi connectivity index (χ0v) is 10.2. The van der Waals surface area contributed by atoms with E-state index >= 15 is 0 Å². The van der Waals surface area contributed by atoms with Gasteiger partial charge >= 0.3 is 0 Å². The average molecular weight is 227 g/mol. The van der Waals surface area contributed by atoms with Crippen LogP contribution < -0.4 is 5.32 Å². The third kappa shape index (κ3) is 3.11. The Morgan fingerprint density at radius 3 is 2.71 bits per heavy atom. The van der Waals surface area contributed by atoms with Gasteiger partial charge in [0.1, 0.15) is 0 Å². The highest BCUT2D eigenvalue weighted by Crippen LogP contribution is 2.12. The molecule has 0 bridgehead atoms. The normalized spacial score (nSPS) is 12.4. The Hall–Kier alpha value is -1.74. The average Bonchev–Trinajstić information content (AvgIpc) is 2.38. The molecule has 0 aliphatic carbocycles. The summed E-state index contributed by atoms with van der Waals surface area (Å²) in [7, 11) is 0. The lowest BCUT2D eigenvalue weighted by Crippen LogP contribution is -2.18. The molecule has 1 N–H and O–H groups in total. The first kappa shape index (κ1) is 11.7. The number of aromatic nitrogens is 2. The summed E-state index contributed by atoms with van der Waals surface area (Å²) in [5, 5.41) is 3.48. The van der Waals surface area contributed by atoms with E-state index in [0.29, 0.717) is 6.04 Å². The maximum absolute atomic E-state index is 4.14. The van der Waals surface area contributed by atoms with Crippen molar-refractivity contribution in [1.82, 2.24) is 15.3 Å². The van der Waals surface area contributed by atoms with Gasteiger partial charge < -0.3 is 5.32 Å². The Balaban J connectivity index is 1.97. The first-order chi connectivity index (χ1) is 8.27. The van der Waals surface area contributed by atoms with Crippen molar-refractivity contribution in [1.29, 1.82) is 0 Å². The summed E-state index contributed by atoms with van der Waals surface area (Å²) >= 11 is 0. The zero-order valence-electron chi connectivity index (χ0n) is 10.2. The van der Waals surface area contributed by atoms with E-state index in [1.165, 1.54) is 16.7 Å². The Morgan fingerprint density at radius 2 is 2.00 bits per heavy atom. The van der Waals surface area contributed by atoms with Gasteiger partial charge in [-0.05, 0) is 42.7 Å². The highest BCUT2D eigenvalue weighted by Gasteiger charge is 2.05. The molecule has 2 aromatic rings. The van der Waals surface area contributed by atoms with Gasteiger partial charge in [0.15, 0.2) is 0 Å². The van der Waals surface area contributed by atoms with E-state index < -0.39 is 0 Å². The molecule has 2 heterocycles. The van der Waals surface area contributed by atoms with Crippen LogP contribution in [0.2, 0.25) is 0 Å². The van der Waals surface area contributed by atoms with Crippen LogP contribution in [0.15, 0.2) is 43.0 Å². The van der Waals surface area contributed by atoms with Crippen LogP contribution in [-0.2, 0) is 6.54 Å². The number of nitrogens with zero attached hydrogens (tertiary/aromatic N) is 2. The molecule has 0 aliphatic heterocycles. The molecule has 1 unspecified atom stereocenters. The molecule has 3 nitrogen and oxygen atoms in total. The summed E-state index contributed by atoms with van der Waals surface area (Å²) < 4.78 is 0. The lowest BCUT2D eigenvalue weighted by atomic mass is 10.1. The predicted octanol–water partition coefficient (Wildman–Crippen LogP) is 2.64. The van der Waals surface area contributed by atoms with Crippen LogP contribution in [0.5, 0.6) is 0 Å². The van der Waals surface area contributed by atoms with Gasteiger partial charge in [0.2, 0.25) is 0 Å². The van der Waals surface area contributed by atoms with Gasteiger partial charge in [0, 0.05) is 37.4 Å². The van der Waals surface area contributed by atoms with E-state index in [4.69, 9.17) is 0 Å². The molecule has 0 aromatic carbocycles. The molecule has 88 valence electrons. The third-order valence-corrected chi connectivity index (χ3v) is 2.93. The number of aryl methyl sites for hydroxylation is 1. The highest BCUT2D eigenvalue weighted by atomic mass is 14.9. The summed E-state index contributed by atoms with van der Waals surface area (Å²) in [6.07, 6.45) is 7.43. The van der Waals surface area contributed by atoms with Crippen molar-refractivity contribution in [3.63, 3.8) is 0 Å². The molecule has 0 aliphatic rings. The quantitative estimate of drug-likeness (QED) is 0.872. The minimum absolute atomic E-state index is 0.295. The monoisotopic (exact) mass is 227 g/mol. The van der Waals surface area contributed by atoms with Gasteiger partial charge in [-0.1, -0.05) is 6.07 Å². The molecule has 0 amide bonds. The van der Waals surface area contributed by atoms with Crippen LogP contribution in [0.4, 0.5) is 0 Å². The van der Waals surface area contributed by atoms with Crippen LogP contribution >= 0.6 is 0 Å². The number of hydrogen-bond acceptors (Lipinski definition) is 3. The minimum atomic E-state index is 0.295. The van der Waals surface area contributed by atoms with Crippen LogP contribution in [0.25, 0.3) is 0 Å². The van der Waals surface area contributed by atoms with Crippen molar-refractivity contribution in [3.8, 4) is 0 Å². The second-order valence-electron chi connectivity index (χ2n) is 4.19. The molecule has 0 spiro atoms. The van der Waals surface area contributed by atoms with Gasteiger partial charge in [0.05, 0.1) is 0 Å². The first-order valence-corrected chi connectivity index (χ1v) is 5.80. The van der Waals surface area contributed by atoms with E-state index in [0.717, 1.165) is 6.54 Å². The number of pyridine rings is 2. The summed E-state index contributed by atoms with van der Waals surface area (Å²) in [6, 6.07) is 6.37. The fourth-order valence-electron chi connectivity index (χ4n) is 1.69. The Kier molecular flexibility index (Phi) is 3.83. The molecule has 1 atom stereocenters. The molecule has 2 rings (SSSR count). The molecular weight excluding hydrogens is 210 g/mol. The first-order valence-electron chi connectivity index (χ1n) is 5.80. The van der Waals surface area contributed by atoms with Crippen molar-refractivity contribution in [2.45, 2.75) is 26.4 Å². The maximum Gasteiger partial charge on any atom is 0.0315 e. The van der Waals surface area contributed by atoms with Crippen LogP contribution in [0.1, 0.15) is 29.7 Å². The Bertz CT molecular complexity index is 468. The second-order valence-corrected chi connectivity index (χ2v) is 4.19. The van der Waals surface area contributed by atoms with Crippen molar-refractivity contribution >= 4 is 0 Å². The third-order valence-electron chi connectivity index (χ3n) is 2.93. The standard InChI is InChI=1S/C14H17N3/c1-11-5-7-16-9-14(11)10-17-12(2)13-4-3-6-15-8-13/h3-9,12,17H,10H2,1-2H3. The topological polar surface area (TPSA) is 37.8 Å². The van der Waals surface area contributed by atoms with Gasteiger partial charge in [-0.15, -0.1) is 0 Å². The molecule has 0 radical (unpaired) electrons. The van der Waals surface area contributed by atoms with Crippen molar-refractivity contribution in [2.75, 3.05) is 0 Å². The molecular formula is C14H17N3. The second kappa shape index (κ2) is 5.55. The van der Waals surface area contributed by atoms with Crippen LogP contribution in [-0.4, -0.2) is 9.97 Å². The van der Waals surface area contributed by atoms with Crippen molar-refractivity contribution in [2.24, 2.45) is 0 Å². The van der Waals surface area contributed by atoms with E-state index in [1.54, 1.807) is 6.20 Å². The minimum Gasteiger partial charge on any atom is -0.306 e. The molecule has 0 saturated heterocycles. The summed E-state index contributed by atoms with van der Waals surface area (Å²) in [5.74, 6) is 0. The number of nitrogens with one attached hydrogen (secondary N) is 1. The summed E-state index contributed by atoms with van der Waals surface area (Å²) in [4.78, 5) is 8.27. The number of rotatable bonds is 4. The molecule has 0 saturated carbocycles. The Labute approximate surface area is 102 Å². The van der Waals surface area contributed by atoms with Crippen LogP contribution in [0, 0.1) is 6.92 Å². The van der Waals surface area contributed by atoms with Gasteiger partial charge in [-0.3, -0.25) is 9.97 Å². The van der Waals surface area contributed by atoms with Gasteiger partial charge in [0.25, 0.3) is 0 Å². The summed E-state index contributed by atoms with van der Waals surface area (Å²) in [6.45, 7) is 5.08. The largest absolute Gasteiger partial charge is 0.306 e. The SMILES string of the molecule is Cc1ccncc1CNC(C)c1cccnc1. The van der Waals surface area contributed by atoms with Crippen molar-refractivity contribution in [3.05, 3.63) is 59.7 Å².